The Labute approximate surface area is 143 Å². The molecule has 0 unspecified atom stereocenters. The molecule has 0 aromatic heterocycles. The van der Waals surface area contributed by atoms with Crippen LogP contribution < -0.4 is 5.32 Å². The maximum Gasteiger partial charge on any atom is 0.270 e. The van der Waals surface area contributed by atoms with Gasteiger partial charge in [-0.3, -0.25) is 14.9 Å². The van der Waals surface area contributed by atoms with E-state index in [-0.39, 0.29) is 28.4 Å². The van der Waals surface area contributed by atoms with Crippen LogP contribution in [0.15, 0.2) is 54.1 Å². The smallest absolute Gasteiger partial charge is 0.270 e. The van der Waals surface area contributed by atoms with Gasteiger partial charge < -0.3 is 5.32 Å². The van der Waals surface area contributed by atoms with Crippen LogP contribution in [-0.4, -0.2) is 10.8 Å². The molecule has 24 heavy (non-hydrogen) atoms. The fraction of sp³-hybridized carbons (Fsp3) is 0.0588. The van der Waals surface area contributed by atoms with Gasteiger partial charge in [0.05, 0.1) is 4.92 Å². The molecule has 0 aliphatic carbocycles. The van der Waals surface area contributed by atoms with Crippen LogP contribution in [0.25, 0.3) is 6.08 Å². The molecule has 0 fully saturated rings. The highest BCUT2D eigenvalue weighted by atomic mass is 35.5. The third-order valence-electron chi connectivity index (χ3n) is 3.15. The Morgan fingerprint density at radius 1 is 1.29 bits per heavy atom. The first-order chi connectivity index (χ1) is 11.5. The first-order valence-corrected chi connectivity index (χ1v) is 7.27. The summed E-state index contributed by atoms with van der Waals surface area (Å²) in [6, 6.07) is 14.8. The summed E-state index contributed by atoms with van der Waals surface area (Å²) >= 11 is 5.97. The van der Waals surface area contributed by atoms with Crippen LogP contribution in [0.4, 0.5) is 5.69 Å². The number of hydrogen-bond acceptors (Lipinski definition) is 4. The van der Waals surface area contributed by atoms with Gasteiger partial charge in [0.1, 0.15) is 11.6 Å². The average molecular weight is 342 g/mol. The molecule has 0 atom stereocenters. The molecule has 2 rings (SSSR count). The largest absolute Gasteiger partial charge is 0.347 e. The van der Waals surface area contributed by atoms with Gasteiger partial charge in [-0.1, -0.05) is 41.9 Å². The first-order valence-electron chi connectivity index (χ1n) is 6.89. The molecule has 0 heterocycles. The number of amides is 1. The highest BCUT2D eigenvalue weighted by Gasteiger charge is 2.13. The number of nitriles is 1. The molecule has 0 aliphatic rings. The fourth-order valence-electron chi connectivity index (χ4n) is 1.93. The second kappa shape index (κ2) is 7.90. The van der Waals surface area contributed by atoms with Gasteiger partial charge >= 0.3 is 0 Å². The van der Waals surface area contributed by atoms with E-state index in [1.54, 1.807) is 6.07 Å². The summed E-state index contributed by atoms with van der Waals surface area (Å²) in [4.78, 5) is 22.3. The van der Waals surface area contributed by atoms with Gasteiger partial charge in [0.15, 0.2) is 0 Å². The summed E-state index contributed by atoms with van der Waals surface area (Å²) in [5.41, 5.74) is 0.759. The number of non-ortho nitro benzene ring substituents is 1. The Hall–Kier alpha value is -3.17. The zero-order chi connectivity index (χ0) is 17.5. The molecule has 0 radical (unpaired) electrons. The lowest BCUT2D eigenvalue weighted by atomic mass is 10.1. The number of carbonyl (C=O) groups excluding carboxylic acids is 1. The van der Waals surface area contributed by atoms with Crippen molar-refractivity contribution in [2.75, 3.05) is 0 Å². The van der Waals surface area contributed by atoms with Crippen LogP contribution in [0.2, 0.25) is 5.02 Å². The lowest BCUT2D eigenvalue weighted by molar-refractivity contribution is -0.384. The third kappa shape index (κ3) is 4.41. The van der Waals surface area contributed by atoms with Crippen molar-refractivity contribution in [3.63, 3.8) is 0 Å². The van der Waals surface area contributed by atoms with Crippen molar-refractivity contribution in [3.05, 3.63) is 80.4 Å². The Morgan fingerprint density at radius 3 is 2.62 bits per heavy atom. The summed E-state index contributed by atoms with van der Waals surface area (Å²) in [5.74, 6) is -0.580. The van der Waals surface area contributed by atoms with Gasteiger partial charge in [-0.15, -0.1) is 0 Å². The van der Waals surface area contributed by atoms with E-state index in [4.69, 9.17) is 16.9 Å². The molecule has 0 saturated carbocycles. The minimum atomic E-state index is -0.580. The van der Waals surface area contributed by atoms with E-state index in [1.807, 2.05) is 30.3 Å². The standard InChI is InChI=1S/C17H12ClN3O3/c18-16-7-6-15(21(23)24)9-13(16)8-14(10-19)17(22)20-11-12-4-2-1-3-5-12/h1-9H,11H2,(H,20,22)/b14-8-. The highest BCUT2D eigenvalue weighted by molar-refractivity contribution is 6.32. The monoisotopic (exact) mass is 341 g/mol. The lowest BCUT2D eigenvalue weighted by Crippen LogP contribution is -2.23. The summed E-state index contributed by atoms with van der Waals surface area (Å²) in [7, 11) is 0. The van der Waals surface area contributed by atoms with Crippen molar-refractivity contribution in [2.24, 2.45) is 0 Å². The molecule has 0 aliphatic heterocycles. The van der Waals surface area contributed by atoms with Crippen molar-refractivity contribution < 1.29 is 9.72 Å². The molecule has 2 aromatic rings. The molecule has 1 N–H and O–H groups in total. The summed E-state index contributed by atoms with van der Waals surface area (Å²) in [6.07, 6.45) is 1.23. The number of nitrogens with one attached hydrogen (secondary N) is 1. The number of nitro groups is 1. The van der Waals surface area contributed by atoms with E-state index >= 15 is 0 Å². The van der Waals surface area contributed by atoms with Crippen molar-refractivity contribution in [2.45, 2.75) is 6.54 Å². The quantitative estimate of drug-likeness (QED) is 0.390. The van der Waals surface area contributed by atoms with Gasteiger partial charge in [-0.25, -0.2) is 0 Å². The van der Waals surface area contributed by atoms with Crippen molar-refractivity contribution >= 4 is 29.3 Å². The second-order valence-electron chi connectivity index (χ2n) is 4.80. The molecular weight excluding hydrogens is 330 g/mol. The summed E-state index contributed by atoms with van der Waals surface area (Å²) < 4.78 is 0. The van der Waals surface area contributed by atoms with Gasteiger partial charge in [-0.05, 0) is 17.7 Å². The minimum Gasteiger partial charge on any atom is -0.347 e. The molecule has 1 amide bonds. The molecule has 0 saturated heterocycles. The predicted molar refractivity (Wildman–Crippen MR) is 90.0 cm³/mol. The third-order valence-corrected chi connectivity index (χ3v) is 3.50. The number of nitro benzene ring substituents is 1. The minimum absolute atomic E-state index is 0.173. The number of hydrogen-bond donors (Lipinski definition) is 1. The number of benzene rings is 2. The summed E-state index contributed by atoms with van der Waals surface area (Å²) in [6.45, 7) is 0.265. The van der Waals surface area contributed by atoms with Crippen molar-refractivity contribution in [1.82, 2.24) is 5.32 Å². The predicted octanol–water partition coefficient (Wildman–Crippen LogP) is 3.47. The second-order valence-corrected chi connectivity index (χ2v) is 5.21. The number of carbonyl (C=O) groups is 1. The first kappa shape index (κ1) is 17.2. The molecule has 0 bridgehead atoms. The number of halogens is 1. The Morgan fingerprint density at radius 2 is 2.00 bits per heavy atom. The van der Waals surface area contributed by atoms with E-state index in [0.29, 0.717) is 0 Å². The molecule has 0 spiro atoms. The van der Waals surface area contributed by atoms with Crippen LogP contribution in [-0.2, 0) is 11.3 Å². The Kier molecular flexibility index (Phi) is 5.66. The van der Waals surface area contributed by atoms with Crippen LogP contribution in [0.3, 0.4) is 0 Å². The van der Waals surface area contributed by atoms with Gasteiger partial charge in [0, 0.05) is 29.3 Å². The zero-order valence-electron chi connectivity index (χ0n) is 12.4. The highest BCUT2D eigenvalue weighted by Crippen LogP contribution is 2.24. The normalized spacial score (nSPS) is 10.8. The topological polar surface area (TPSA) is 96.0 Å². The van der Waals surface area contributed by atoms with Crippen molar-refractivity contribution in [3.8, 4) is 6.07 Å². The van der Waals surface area contributed by atoms with Gasteiger partial charge in [0.25, 0.3) is 11.6 Å². The average Bonchev–Trinajstić information content (AvgIpc) is 2.59. The van der Waals surface area contributed by atoms with Crippen LogP contribution in [0, 0.1) is 21.4 Å². The molecule has 6 nitrogen and oxygen atoms in total. The van der Waals surface area contributed by atoms with E-state index < -0.39 is 10.8 Å². The van der Waals surface area contributed by atoms with E-state index in [9.17, 15) is 14.9 Å². The SMILES string of the molecule is N#C/C(=C/c1cc([N+](=O)[O-])ccc1Cl)C(=O)NCc1ccccc1. The van der Waals surface area contributed by atoms with Crippen LogP contribution in [0.5, 0.6) is 0 Å². The van der Waals surface area contributed by atoms with E-state index in [1.165, 1.54) is 24.3 Å². The Bertz CT molecular complexity index is 842. The van der Waals surface area contributed by atoms with Gasteiger partial charge in [-0.2, -0.15) is 5.26 Å². The van der Waals surface area contributed by atoms with Crippen LogP contribution >= 0.6 is 11.6 Å². The Balaban J connectivity index is 2.20. The van der Waals surface area contributed by atoms with Crippen LogP contribution in [0.1, 0.15) is 11.1 Å². The zero-order valence-corrected chi connectivity index (χ0v) is 13.2. The lowest BCUT2D eigenvalue weighted by Gasteiger charge is -2.05. The number of rotatable bonds is 5. The fourth-order valence-corrected chi connectivity index (χ4v) is 2.10. The van der Waals surface area contributed by atoms with E-state index in [0.717, 1.165) is 5.56 Å². The molecule has 120 valence electrons. The van der Waals surface area contributed by atoms with Crippen molar-refractivity contribution in [1.29, 1.82) is 5.26 Å². The molecule has 7 heteroatoms. The summed E-state index contributed by atoms with van der Waals surface area (Å²) in [5, 5.41) is 22.8. The maximum absolute atomic E-state index is 12.1. The number of nitrogens with zero attached hydrogens (tertiary/aromatic N) is 2. The van der Waals surface area contributed by atoms with Gasteiger partial charge in [0.2, 0.25) is 0 Å². The molecular formula is C17H12ClN3O3. The molecule has 2 aromatic carbocycles. The maximum atomic E-state index is 12.1. The van der Waals surface area contributed by atoms with E-state index in [2.05, 4.69) is 5.32 Å².